The summed E-state index contributed by atoms with van der Waals surface area (Å²) >= 11 is 0. The Morgan fingerprint density at radius 1 is 1.35 bits per heavy atom. The molecule has 2 rings (SSSR count). The minimum atomic E-state index is 0.464. The highest BCUT2D eigenvalue weighted by molar-refractivity contribution is 5.48. The number of methoxy groups -OCH3 is 1. The molecule has 5 nitrogen and oxygen atoms in total. The molecule has 0 unspecified atom stereocenters. The lowest BCUT2D eigenvalue weighted by molar-refractivity contribution is 0.202. The van der Waals surface area contributed by atoms with Gasteiger partial charge in [-0.2, -0.15) is 0 Å². The van der Waals surface area contributed by atoms with Crippen molar-refractivity contribution >= 4 is 11.6 Å². The molecule has 1 fully saturated rings. The van der Waals surface area contributed by atoms with Gasteiger partial charge in [-0.25, -0.2) is 9.97 Å². The van der Waals surface area contributed by atoms with Crippen LogP contribution in [-0.2, 0) is 4.74 Å². The first-order valence-corrected chi connectivity index (χ1v) is 7.59. The van der Waals surface area contributed by atoms with Gasteiger partial charge in [0.05, 0.1) is 6.61 Å². The maximum absolute atomic E-state index is 5.97. The zero-order valence-corrected chi connectivity index (χ0v) is 12.8. The maximum Gasteiger partial charge on any atom is 0.136 e. The summed E-state index contributed by atoms with van der Waals surface area (Å²) in [7, 11) is 1.73. The van der Waals surface area contributed by atoms with Crippen LogP contribution in [0.25, 0.3) is 0 Å². The van der Waals surface area contributed by atoms with Crippen LogP contribution in [0.2, 0.25) is 0 Å². The van der Waals surface area contributed by atoms with Crippen molar-refractivity contribution in [1.82, 2.24) is 9.97 Å². The molecule has 1 aromatic heterocycles. The summed E-state index contributed by atoms with van der Waals surface area (Å²) in [5.74, 6) is 2.95. The number of ether oxygens (including phenoxy) is 1. The lowest BCUT2D eigenvalue weighted by atomic mass is 10.1. The monoisotopic (exact) mass is 278 g/mol. The Bertz CT molecular complexity index is 430. The van der Waals surface area contributed by atoms with Crippen molar-refractivity contribution in [2.45, 2.75) is 51.5 Å². The van der Waals surface area contributed by atoms with Gasteiger partial charge in [-0.1, -0.05) is 13.8 Å². The zero-order valence-electron chi connectivity index (χ0n) is 12.8. The van der Waals surface area contributed by atoms with Crippen molar-refractivity contribution in [3.05, 3.63) is 11.9 Å². The van der Waals surface area contributed by atoms with Crippen LogP contribution in [-0.4, -0.2) is 36.3 Å². The van der Waals surface area contributed by atoms with Crippen molar-refractivity contribution in [2.24, 2.45) is 0 Å². The number of hydrogen-bond donors (Lipinski definition) is 1. The van der Waals surface area contributed by atoms with Crippen LogP contribution in [0.3, 0.4) is 0 Å². The number of nitrogens with zero attached hydrogens (tertiary/aromatic N) is 3. The second kappa shape index (κ2) is 6.88. The quantitative estimate of drug-likeness (QED) is 0.791. The smallest absolute Gasteiger partial charge is 0.136 e. The third kappa shape index (κ3) is 3.60. The first-order chi connectivity index (χ1) is 9.69. The molecule has 0 saturated heterocycles. The SMILES string of the molecule is CCC(CC)N(CCOC)c1cc(N)nc(C2CC2)n1. The average molecular weight is 278 g/mol. The van der Waals surface area contributed by atoms with E-state index in [1.54, 1.807) is 7.11 Å². The van der Waals surface area contributed by atoms with Gasteiger partial charge in [0.15, 0.2) is 0 Å². The minimum Gasteiger partial charge on any atom is -0.384 e. The molecule has 0 atom stereocenters. The van der Waals surface area contributed by atoms with Crippen LogP contribution in [0.1, 0.15) is 51.3 Å². The van der Waals surface area contributed by atoms with Crippen LogP contribution >= 0.6 is 0 Å². The molecule has 1 heterocycles. The van der Waals surface area contributed by atoms with E-state index in [9.17, 15) is 0 Å². The molecule has 20 heavy (non-hydrogen) atoms. The normalized spacial score (nSPS) is 14.8. The zero-order chi connectivity index (χ0) is 14.5. The van der Waals surface area contributed by atoms with Gasteiger partial charge < -0.3 is 15.4 Å². The first kappa shape index (κ1) is 15.0. The van der Waals surface area contributed by atoms with Gasteiger partial charge in [-0.3, -0.25) is 0 Å². The largest absolute Gasteiger partial charge is 0.384 e. The van der Waals surface area contributed by atoms with Crippen LogP contribution in [0.4, 0.5) is 11.6 Å². The molecule has 1 saturated carbocycles. The number of nitrogen functional groups attached to an aromatic ring is 1. The van der Waals surface area contributed by atoms with Gasteiger partial charge in [0.1, 0.15) is 17.5 Å². The summed E-state index contributed by atoms with van der Waals surface area (Å²) in [6, 6.07) is 2.35. The van der Waals surface area contributed by atoms with E-state index in [4.69, 9.17) is 15.5 Å². The van der Waals surface area contributed by atoms with E-state index in [1.165, 1.54) is 12.8 Å². The molecule has 1 aliphatic carbocycles. The highest BCUT2D eigenvalue weighted by Crippen LogP contribution is 2.39. The number of nitrogens with two attached hydrogens (primary N) is 1. The second-order valence-corrected chi connectivity index (χ2v) is 5.44. The lowest BCUT2D eigenvalue weighted by Gasteiger charge is -2.31. The van der Waals surface area contributed by atoms with Gasteiger partial charge in [0.25, 0.3) is 0 Å². The summed E-state index contributed by atoms with van der Waals surface area (Å²) in [6.45, 7) is 5.95. The highest BCUT2D eigenvalue weighted by atomic mass is 16.5. The van der Waals surface area contributed by atoms with Crippen LogP contribution in [0, 0.1) is 0 Å². The number of hydrogen-bond acceptors (Lipinski definition) is 5. The Kier molecular flexibility index (Phi) is 5.17. The van der Waals surface area contributed by atoms with E-state index in [0.717, 1.165) is 31.0 Å². The molecular weight excluding hydrogens is 252 g/mol. The Labute approximate surface area is 121 Å². The molecule has 1 aromatic rings. The van der Waals surface area contributed by atoms with E-state index in [-0.39, 0.29) is 0 Å². The maximum atomic E-state index is 5.97. The molecule has 2 N–H and O–H groups in total. The standard InChI is InChI=1S/C15H26N4O/c1-4-12(5-2)19(8-9-20-3)14-10-13(16)17-15(18-14)11-6-7-11/h10-12H,4-9H2,1-3H3,(H2,16,17,18). The van der Waals surface area contributed by atoms with Crippen molar-refractivity contribution in [2.75, 3.05) is 30.9 Å². The first-order valence-electron chi connectivity index (χ1n) is 7.59. The summed E-state index contributed by atoms with van der Waals surface area (Å²) < 4.78 is 5.24. The molecule has 5 heteroatoms. The molecule has 0 spiro atoms. The van der Waals surface area contributed by atoms with Gasteiger partial charge in [-0.05, 0) is 25.7 Å². The molecule has 0 radical (unpaired) electrons. The summed E-state index contributed by atoms with van der Waals surface area (Å²) in [6.07, 6.45) is 4.55. The van der Waals surface area contributed by atoms with E-state index < -0.39 is 0 Å². The van der Waals surface area contributed by atoms with Crippen LogP contribution in [0.5, 0.6) is 0 Å². The number of anilines is 2. The van der Waals surface area contributed by atoms with Gasteiger partial charge >= 0.3 is 0 Å². The van der Waals surface area contributed by atoms with Crippen molar-refractivity contribution in [1.29, 1.82) is 0 Å². The molecular formula is C15H26N4O. The molecule has 0 amide bonds. The number of aromatic nitrogens is 2. The van der Waals surface area contributed by atoms with Crippen molar-refractivity contribution < 1.29 is 4.74 Å². The fourth-order valence-corrected chi connectivity index (χ4v) is 2.55. The summed E-state index contributed by atoms with van der Waals surface area (Å²) in [5.41, 5.74) is 5.97. The molecule has 112 valence electrons. The third-order valence-corrected chi connectivity index (χ3v) is 3.91. The van der Waals surface area contributed by atoms with E-state index in [2.05, 4.69) is 23.7 Å². The number of rotatable bonds is 8. The topological polar surface area (TPSA) is 64.3 Å². The highest BCUT2D eigenvalue weighted by Gasteiger charge is 2.28. The predicted octanol–water partition coefficient (Wildman–Crippen LogP) is 2.58. The predicted molar refractivity (Wildman–Crippen MR) is 82.0 cm³/mol. The second-order valence-electron chi connectivity index (χ2n) is 5.44. The van der Waals surface area contributed by atoms with Crippen LogP contribution < -0.4 is 10.6 Å². The van der Waals surface area contributed by atoms with E-state index >= 15 is 0 Å². The fourth-order valence-electron chi connectivity index (χ4n) is 2.55. The van der Waals surface area contributed by atoms with Crippen molar-refractivity contribution in [3.8, 4) is 0 Å². The average Bonchev–Trinajstić information content (AvgIpc) is 3.27. The van der Waals surface area contributed by atoms with Gasteiger partial charge in [0, 0.05) is 31.7 Å². The fraction of sp³-hybridized carbons (Fsp3) is 0.733. The Hall–Kier alpha value is -1.36. The molecule has 0 aromatic carbocycles. The molecule has 0 bridgehead atoms. The van der Waals surface area contributed by atoms with Gasteiger partial charge in [0.2, 0.25) is 0 Å². The Morgan fingerprint density at radius 3 is 2.60 bits per heavy atom. The van der Waals surface area contributed by atoms with Gasteiger partial charge in [-0.15, -0.1) is 0 Å². The van der Waals surface area contributed by atoms with E-state index in [1.807, 2.05) is 6.07 Å². The minimum absolute atomic E-state index is 0.464. The van der Waals surface area contributed by atoms with Crippen LogP contribution in [0.15, 0.2) is 6.07 Å². The molecule has 1 aliphatic rings. The Balaban J connectivity index is 2.26. The summed E-state index contributed by atoms with van der Waals surface area (Å²) in [4.78, 5) is 11.4. The lowest BCUT2D eigenvalue weighted by Crippen LogP contribution is -2.38. The summed E-state index contributed by atoms with van der Waals surface area (Å²) in [5, 5.41) is 0. The Morgan fingerprint density at radius 2 is 2.05 bits per heavy atom. The molecule has 0 aliphatic heterocycles. The van der Waals surface area contributed by atoms with E-state index in [0.29, 0.717) is 24.4 Å². The van der Waals surface area contributed by atoms with Crippen molar-refractivity contribution in [3.63, 3.8) is 0 Å². The third-order valence-electron chi connectivity index (χ3n) is 3.91.